The summed E-state index contributed by atoms with van der Waals surface area (Å²) >= 11 is 3.42. The molecule has 1 aliphatic heterocycles. The molecule has 2 aromatic carbocycles. The number of hydrogen-bond donors (Lipinski definition) is 0. The van der Waals surface area contributed by atoms with Crippen LogP contribution in [0.3, 0.4) is 0 Å². The molecule has 4 rings (SSSR count). The van der Waals surface area contributed by atoms with Gasteiger partial charge in [0.25, 0.3) is 0 Å². The van der Waals surface area contributed by atoms with Crippen LogP contribution in [0.4, 0.5) is 0 Å². The van der Waals surface area contributed by atoms with Gasteiger partial charge in [0, 0.05) is 23.9 Å². The molecule has 3 nitrogen and oxygen atoms in total. The molecule has 2 atom stereocenters. The fourth-order valence-electron chi connectivity index (χ4n) is 3.45. The number of carbonyl (C=O) groups is 1. The van der Waals surface area contributed by atoms with Gasteiger partial charge in [-0.05, 0) is 44.0 Å². The number of benzene rings is 2. The summed E-state index contributed by atoms with van der Waals surface area (Å²) in [4.78, 5) is 20.9. The zero-order valence-corrected chi connectivity index (χ0v) is 16.4. The van der Waals surface area contributed by atoms with Crippen LogP contribution in [0.15, 0.2) is 59.5 Å². The molecule has 0 unspecified atom stereocenters. The van der Waals surface area contributed by atoms with Crippen molar-refractivity contribution < 1.29 is 4.79 Å². The van der Waals surface area contributed by atoms with Crippen molar-refractivity contribution >= 4 is 39.2 Å². The normalized spacial score (nSPS) is 18.8. The first kappa shape index (κ1) is 17.6. The van der Waals surface area contributed by atoms with E-state index < -0.39 is 0 Å². The second-order valence-corrected chi connectivity index (χ2v) is 9.19. The molecule has 1 fully saturated rings. The fourth-order valence-corrected chi connectivity index (χ4v) is 5.52. The van der Waals surface area contributed by atoms with Crippen LogP contribution in [-0.2, 0) is 4.79 Å². The summed E-state index contributed by atoms with van der Waals surface area (Å²) in [5.74, 6) is 0.601. The minimum Gasteiger partial charge on any atom is -0.341 e. The molecule has 5 heteroatoms. The third-order valence-corrected chi connectivity index (χ3v) is 7.09. The average Bonchev–Trinajstić information content (AvgIpc) is 3.12. The third-order valence-electron chi connectivity index (χ3n) is 4.80. The second-order valence-electron chi connectivity index (χ2n) is 6.72. The summed E-state index contributed by atoms with van der Waals surface area (Å²) in [6, 6.07) is 18.5. The predicted molar refractivity (Wildman–Crippen MR) is 110 cm³/mol. The Labute approximate surface area is 162 Å². The quantitative estimate of drug-likeness (QED) is 0.583. The molecule has 1 aliphatic rings. The van der Waals surface area contributed by atoms with Crippen molar-refractivity contribution in [3.05, 3.63) is 59.6 Å². The first-order valence-corrected chi connectivity index (χ1v) is 10.8. The molecule has 3 aromatic rings. The zero-order chi connectivity index (χ0) is 17.9. The number of piperidine rings is 1. The van der Waals surface area contributed by atoms with Gasteiger partial charge in [0.05, 0.1) is 20.5 Å². The number of thiazole rings is 1. The van der Waals surface area contributed by atoms with Gasteiger partial charge in [-0.3, -0.25) is 4.79 Å². The van der Waals surface area contributed by atoms with E-state index in [0.717, 1.165) is 36.3 Å². The lowest BCUT2D eigenvalue weighted by Crippen LogP contribution is -2.42. The summed E-state index contributed by atoms with van der Waals surface area (Å²) in [5.41, 5.74) is 1.07. The van der Waals surface area contributed by atoms with Crippen molar-refractivity contribution in [1.29, 1.82) is 0 Å². The van der Waals surface area contributed by atoms with Gasteiger partial charge in [0.2, 0.25) is 5.91 Å². The predicted octanol–water partition coefficient (Wildman–Crippen LogP) is 5.18. The van der Waals surface area contributed by atoms with Crippen LogP contribution < -0.4 is 0 Å². The smallest absolute Gasteiger partial charge is 0.235 e. The minimum atomic E-state index is -0.0634. The van der Waals surface area contributed by atoms with E-state index in [2.05, 4.69) is 30.3 Å². The molecule has 0 spiro atoms. The van der Waals surface area contributed by atoms with Crippen molar-refractivity contribution in [1.82, 2.24) is 9.88 Å². The molecule has 0 radical (unpaired) electrons. The van der Waals surface area contributed by atoms with Gasteiger partial charge in [-0.1, -0.05) is 30.3 Å². The van der Waals surface area contributed by atoms with E-state index in [-0.39, 0.29) is 11.2 Å². The summed E-state index contributed by atoms with van der Waals surface area (Å²) in [6.45, 7) is 3.67. The standard InChI is InChI=1S/C21H22N2OS2/c1-15(25-17-9-3-2-4-10-17)21(24)23-13-7-8-16(14-23)20-22-18-11-5-6-12-19(18)26-20/h2-6,9-12,15-16H,7-8,13-14H2,1H3/t15-,16+/m0/s1. The van der Waals surface area contributed by atoms with Gasteiger partial charge in [-0.25, -0.2) is 4.98 Å². The lowest BCUT2D eigenvalue weighted by molar-refractivity contribution is -0.131. The van der Waals surface area contributed by atoms with E-state index >= 15 is 0 Å². The Kier molecular flexibility index (Phi) is 5.27. The summed E-state index contributed by atoms with van der Waals surface area (Å²) in [7, 11) is 0. The molecule has 0 aliphatic carbocycles. The Morgan fingerprint density at radius 2 is 1.96 bits per heavy atom. The fraction of sp³-hybridized carbons (Fsp3) is 0.333. The maximum Gasteiger partial charge on any atom is 0.235 e. The summed E-state index contributed by atoms with van der Waals surface area (Å²) < 4.78 is 1.24. The van der Waals surface area contributed by atoms with Crippen LogP contribution in [-0.4, -0.2) is 34.1 Å². The maximum atomic E-state index is 12.9. The second kappa shape index (κ2) is 7.80. The zero-order valence-electron chi connectivity index (χ0n) is 14.8. The van der Waals surface area contributed by atoms with E-state index in [1.54, 1.807) is 23.1 Å². The molecule has 134 valence electrons. The van der Waals surface area contributed by atoms with Crippen molar-refractivity contribution in [3.63, 3.8) is 0 Å². The van der Waals surface area contributed by atoms with Crippen molar-refractivity contribution in [2.45, 2.75) is 35.8 Å². The highest BCUT2D eigenvalue weighted by Crippen LogP contribution is 2.34. The number of likely N-dealkylation sites (tertiary alicyclic amines) is 1. The molecule has 2 heterocycles. The van der Waals surface area contributed by atoms with E-state index in [1.165, 1.54) is 9.71 Å². The Balaban J connectivity index is 1.44. The first-order chi connectivity index (χ1) is 12.7. The van der Waals surface area contributed by atoms with E-state index in [9.17, 15) is 4.79 Å². The lowest BCUT2D eigenvalue weighted by atomic mass is 9.98. The monoisotopic (exact) mass is 382 g/mol. The Hall–Kier alpha value is -1.85. The number of fused-ring (bicyclic) bond motifs is 1. The van der Waals surface area contributed by atoms with E-state index in [1.807, 2.05) is 36.1 Å². The van der Waals surface area contributed by atoms with Gasteiger partial charge in [0.1, 0.15) is 0 Å². The molecule has 1 amide bonds. The van der Waals surface area contributed by atoms with E-state index in [0.29, 0.717) is 5.92 Å². The molecule has 26 heavy (non-hydrogen) atoms. The number of nitrogens with zero attached hydrogens (tertiary/aromatic N) is 2. The van der Waals surface area contributed by atoms with Crippen LogP contribution in [0, 0.1) is 0 Å². The Bertz CT molecular complexity index is 860. The first-order valence-electron chi connectivity index (χ1n) is 9.06. The van der Waals surface area contributed by atoms with E-state index in [4.69, 9.17) is 4.98 Å². The number of amides is 1. The highest BCUT2D eigenvalue weighted by Gasteiger charge is 2.29. The van der Waals surface area contributed by atoms with Crippen LogP contribution >= 0.6 is 23.1 Å². The maximum absolute atomic E-state index is 12.9. The summed E-state index contributed by atoms with van der Waals surface area (Å²) in [6.07, 6.45) is 2.17. The number of thioether (sulfide) groups is 1. The van der Waals surface area contributed by atoms with Gasteiger partial charge in [0.15, 0.2) is 0 Å². The molecule has 0 N–H and O–H groups in total. The van der Waals surface area contributed by atoms with Gasteiger partial charge >= 0.3 is 0 Å². The van der Waals surface area contributed by atoms with Crippen molar-refractivity contribution in [2.75, 3.05) is 13.1 Å². The van der Waals surface area contributed by atoms with Crippen LogP contribution in [0.1, 0.15) is 30.7 Å². The molecule has 1 aromatic heterocycles. The van der Waals surface area contributed by atoms with Gasteiger partial charge < -0.3 is 4.90 Å². The number of aromatic nitrogens is 1. The van der Waals surface area contributed by atoms with Crippen LogP contribution in [0.25, 0.3) is 10.2 Å². The molecule has 0 bridgehead atoms. The molecular formula is C21H22N2OS2. The van der Waals surface area contributed by atoms with Gasteiger partial charge in [-0.15, -0.1) is 23.1 Å². The third kappa shape index (κ3) is 3.79. The topological polar surface area (TPSA) is 33.2 Å². The van der Waals surface area contributed by atoms with Gasteiger partial charge in [-0.2, -0.15) is 0 Å². The molecule has 1 saturated heterocycles. The number of para-hydroxylation sites is 1. The lowest BCUT2D eigenvalue weighted by Gasteiger charge is -2.33. The Morgan fingerprint density at radius 3 is 2.77 bits per heavy atom. The SMILES string of the molecule is C[C@H](Sc1ccccc1)C(=O)N1CCC[C@@H](c2nc3ccccc3s2)C1. The average molecular weight is 383 g/mol. The molecule has 0 saturated carbocycles. The Morgan fingerprint density at radius 1 is 1.19 bits per heavy atom. The van der Waals surface area contributed by atoms with Crippen LogP contribution in [0.5, 0.6) is 0 Å². The highest BCUT2D eigenvalue weighted by molar-refractivity contribution is 8.00. The van der Waals surface area contributed by atoms with Crippen molar-refractivity contribution in [2.24, 2.45) is 0 Å². The number of hydrogen-bond acceptors (Lipinski definition) is 4. The largest absolute Gasteiger partial charge is 0.341 e. The summed E-state index contributed by atoms with van der Waals surface area (Å²) in [5, 5.41) is 1.11. The minimum absolute atomic E-state index is 0.0634. The number of carbonyl (C=O) groups excluding carboxylic acids is 1. The molecular weight excluding hydrogens is 360 g/mol. The highest BCUT2D eigenvalue weighted by atomic mass is 32.2. The van der Waals surface area contributed by atoms with Crippen molar-refractivity contribution in [3.8, 4) is 0 Å². The number of rotatable bonds is 4. The van der Waals surface area contributed by atoms with Crippen LogP contribution in [0.2, 0.25) is 0 Å².